The molecule has 1 atom stereocenters. The molecule has 17 heavy (non-hydrogen) atoms. The molecule has 0 fully saturated rings. The second kappa shape index (κ2) is 7.81. The maximum Gasteiger partial charge on any atom is 0.243 e. The first-order valence-corrected chi connectivity index (χ1v) is 5.66. The fourth-order valence-electron chi connectivity index (χ4n) is 1.48. The summed E-state index contributed by atoms with van der Waals surface area (Å²) < 4.78 is 4.96. The van der Waals surface area contributed by atoms with Crippen LogP contribution in [-0.2, 0) is 21.0 Å². The average Bonchev–Trinajstić information content (AvgIpc) is 2.30. The number of amides is 1. The minimum absolute atomic E-state index is 0.120. The van der Waals surface area contributed by atoms with Crippen LogP contribution in [0.4, 0.5) is 0 Å². The Balaban J connectivity index is 2.16. The molecule has 0 heterocycles. The number of hydrogen-bond acceptors (Lipinski definition) is 3. The van der Waals surface area contributed by atoms with Crippen LogP contribution in [-0.4, -0.2) is 19.6 Å². The van der Waals surface area contributed by atoms with Crippen LogP contribution >= 0.6 is 0 Å². The second-order valence-electron chi connectivity index (χ2n) is 4.06. The minimum Gasteiger partial charge on any atom is -0.384 e. The molecule has 94 valence electrons. The van der Waals surface area contributed by atoms with E-state index in [1.807, 2.05) is 37.3 Å². The molecule has 1 rings (SSSR count). The SMILES string of the molecule is COCC(C)CC(=O)NOCc1ccccc1. The van der Waals surface area contributed by atoms with Crippen molar-refractivity contribution in [3.63, 3.8) is 0 Å². The Morgan fingerprint density at radius 2 is 2.06 bits per heavy atom. The lowest BCUT2D eigenvalue weighted by molar-refractivity contribution is -0.135. The van der Waals surface area contributed by atoms with Gasteiger partial charge in [0.05, 0.1) is 6.61 Å². The van der Waals surface area contributed by atoms with Crippen molar-refractivity contribution in [2.45, 2.75) is 20.0 Å². The Morgan fingerprint density at radius 1 is 1.35 bits per heavy atom. The van der Waals surface area contributed by atoms with Crippen LogP contribution in [0.2, 0.25) is 0 Å². The molecule has 0 radical (unpaired) electrons. The number of hydrogen-bond donors (Lipinski definition) is 1. The quantitative estimate of drug-likeness (QED) is 0.737. The Hall–Kier alpha value is -1.39. The van der Waals surface area contributed by atoms with Crippen molar-refractivity contribution in [1.82, 2.24) is 5.48 Å². The highest BCUT2D eigenvalue weighted by atomic mass is 16.6. The molecule has 4 nitrogen and oxygen atoms in total. The van der Waals surface area contributed by atoms with Gasteiger partial charge >= 0.3 is 0 Å². The van der Waals surface area contributed by atoms with Gasteiger partial charge in [-0.05, 0) is 11.5 Å². The molecular weight excluding hydrogens is 218 g/mol. The summed E-state index contributed by atoms with van der Waals surface area (Å²) >= 11 is 0. The molecule has 0 aliphatic rings. The summed E-state index contributed by atoms with van der Waals surface area (Å²) in [5, 5.41) is 0. The first-order chi connectivity index (χ1) is 8.22. The van der Waals surface area contributed by atoms with Gasteiger partial charge in [-0.3, -0.25) is 9.63 Å². The van der Waals surface area contributed by atoms with Gasteiger partial charge in [-0.25, -0.2) is 5.48 Å². The third kappa shape index (κ3) is 6.04. The standard InChI is InChI=1S/C13H19NO3/c1-11(9-16-2)8-13(15)14-17-10-12-6-4-3-5-7-12/h3-7,11H,8-10H2,1-2H3,(H,14,15). The van der Waals surface area contributed by atoms with E-state index in [0.29, 0.717) is 19.6 Å². The van der Waals surface area contributed by atoms with Gasteiger partial charge < -0.3 is 4.74 Å². The highest BCUT2D eigenvalue weighted by Gasteiger charge is 2.08. The number of ether oxygens (including phenoxy) is 1. The van der Waals surface area contributed by atoms with Gasteiger partial charge in [-0.15, -0.1) is 0 Å². The zero-order valence-electron chi connectivity index (χ0n) is 10.3. The van der Waals surface area contributed by atoms with Crippen molar-refractivity contribution in [3.05, 3.63) is 35.9 Å². The number of rotatable bonds is 7. The summed E-state index contributed by atoms with van der Waals surface area (Å²) in [4.78, 5) is 16.5. The van der Waals surface area contributed by atoms with Gasteiger partial charge in [-0.1, -0.05) is 37.3 Å². The maximum absolute atomic E-state index is 11.4. The van der Waals surface area contributed by atoms with E-state index < -0.39 is 0 Å². The normalized spacial score (nSPS) is 12.1. The zero-order valence-corrected chi connectivity index (χ0v) is 10.3. The van der Waals surface area contributed by atoms with Gasteiger partial charge in [0.15, 0.2) is 0 Å². The molecule has 4 heteroatoms. The third-order valence-electron chi connectivity index (χ3n) is 2.25. The minimum atomic E-state index is -0.120. The number of nitrogens with one attached hydrogen (secondary N) is 1. The molecule has 0 aromatic heterocycles. The van der Waals surface area contributed by atoms with E-state index in [1.54, 1.807) is 7.11 Å². The van der Waals surface area contributed by atoms with Crippen molar-refractivity contribution in [1.29, 1.82) is 0 Å². The third-order valence-corrected chi connectivity index (χ3v) is 2.25. The molecule has 1 N–H and O–H groups in total. The topological polar surface area (TPSA) is 47.6 Å². The lowest BCUT2D eigenvalue weighted by atomic mass is 10.1. The van der Waals surface area contributed by atoms with E-state index in [1.165, 1.54) is 0 Å². The number of benzene rings is 1. The summed E-state index contributed by atoms with van der Waals surface area (Å²) in [6, 6.07) is 9.69. The van der Waals surface area contributed by atoms with Gasteiger partial charge in [0, 0.05) is 20.1 Å². The molecule has 0 saturated heterocycles. The molecule has 0 aliphatic carbocycles. The largest absolute Gasteiger partial charge is 0.384 e. The summed E-state index contributed by atoms with van der Waals surface area (Å²) in [6.45, 7) is 2.91. The van der Waals surface area contributed by atoms with Crippen molar-refractivity contribution >= 4 is 5.91 Å². The van der Waals surface area contributed by atoms with Crippen molar-refractivity contribution in [2.75, 3.05) is 13.7 Å². The van der Waals surface area contributed by atoms with Gasteiger partial charge in [0.2, 0.25) is 5.91 Å². The number of carbonyl (C=O) groups is 1. The van der Waals surface area contributed by atoms with Crippen LogP contribution in [0.15, 0.2) is 30.3 Å². The highest BCUT2D eigenvalue weighted by Crippen LogP contribution is 2.02. The van der Waals surface area contributed by atoms with Crippen molar-refractivity contribution in [2.24, 2.45) is 5.92 Å². The Labute approximate surface area is 102 Å². The smallest absolute Gasteiger partial charge is 0.243 e. The summed E-state index contributed by atoms with van der Waals surface area (Å²) in [7, 11) is 1.63. The van der Waals surface area contributed by atoms with Crippen molar-refractivity contribution < 1.29 is 14.4 Å². The molecule has 1 unspecified atom stereocenters. The average molecular weight is 237 g/mol. The Kier molecular flexibility index (Phi) is 6.29. The number of hydroxylamine groups is 1. The molecule has 0 aliphatic heterocycles. The lowest BCUT2D eigenvalue weighted by Gasteiger charge is -2.10. The van der Waals surface area contributed by atoms with Crippen LogP contribution in [0, 0.1) is 5.92 Å². The van der Waals surface area contributed by atoms with Crippen molar-refractivity contribution in [3.8, 4) is 0 Å². The predicted octanol–water partition coefficient (Wildman–Crippen LogP) is 1.91. The van der Waals surface area contributed by atoms with E-state index in [0.717, 1.165) is 5.56 Å². The van der Waals surface area contributed by atoms with Crippen LogP contribution < -0.4 is 5.48 Å². The molecule has 0 spiro atoms. The zero-order chi connectivity index (χ0) is 12.5. The van der Waals surface area contributed by atoms with Crippen LogP contribution in [0.5, 0.6) is 0 Å². The summed E-state index contributed by atoms with van der Waals surface area (Å²) in [5.41, 5.74) is 3.45. The van der Waals surface area contributed by atoms with Crippen LogP contribution in [0.3, 0.4) is 0 Å². The van der Waals surface area contributed by atoms with Gasteiger partial charge in [-0.2, -0.15) is 0 Å². The van der Waals surface area contributed by atoms with E-state index in [-0.39, 0.29) is 11.8 Å². The molecule has 0 saturated carbocycles. The van der Waals surface area contributed by atoms with Gasteiger partial charge in [0.25, 0.3) is 0 Å². The molecule has 1 aromatic carbocycles. The first kappa shape index (κ1) is 13.7. The van der Waals surface area contributed by atoms with E-state index in [4.69, 9.17) is 9.57 Å². The Morgan fingerprint density at radius 3 is 2.71 bits per heavy atom. The van der Waals surface area contributed by atoms with Crippen LogP contribution in [0.1, 0.15) is 18.9 Å². The fraction of sp³-hybridized carbons (Fsp3) is 0.462. The monoisotopic (exact) mass is 237 g/mol. The summed E-state index contributed by atoms with van der Waals surface area (Å²) in [5.74, 6) is 0.0748. The number of methoxy groups -OCH3 is 1. The fourth-order valence-corrected chi connectivity index (χ4v) is 1.48. The predicted molar refractivity (Wildman–Crippen MR) is 65.0 cm³/mol. The summed E-state index contributed by atoms with van der Waals surface area (Å²) in [6.07, 6.45) is 0.405. The van der Waals surface area contributed by atoms with E-state index in [2.05, 4.69) is 5.48 Å². The molecule has 0 bridgehead atoms. The molecular formula is C13H19NO3. The first-order valence-electron chi connectivity index (χ1n) is 5.66. The second-order valence-corrected chi connectivity index (χ2v) is 4.06. The lowest BCUT2D eigenvalue weighted by Crippen LogP contribution is -2.26. The van der Waals surface area contributed by atoms with Crippen LogP contribution in [0.25, 0.3) is 0 Å². The van der Waals surface area contributed by atoms with E-state index in [9.17, 15) is 4.79 Å². The van der Waals surface area contributed by atoms with E-state index >= 15 is 0 Å². The maximum atomic E-state index is 11.4. The Bertz CT molecular complexity index is 327. The highest BCUT2D eigenvalue weighted by molar-refractivity contribution is 5.74. The van der Waals surface area contributed by atoms with Gasteiger partial charge in [0.1, 0.15) is 0 Å². The molecule has 1 amide bonds. The molecule has 1 aromatic rings. The number of carbonyl (C=O) groups excluding carboxylic acids is 1.